The number of rotatable bonds is 3. The van der Waals surface area contributed by atoms with Crippen molar-refractivity contribution >= 4 is 11.5 Å². The molecular weight excluding hydrogens is 230 g/mol. The zero-order chi connectivity index (χ0) is 13.1. The zero-order valence-electron chi connectivity index (χ0n) is 11.2. The third-order valence-electron chi connectivity index (χ3n) is 2.90. The fourth-order valence-corrected chi connectivity index (χ4v) is 2.23. The molecule has 0 radical (unpaired) electrons. The first-order chi connectivity index (χ1) is 8.60. The van der Waals surface area contributed by atoms with Gasteiger partial charge in [-0.15, -0.1) is 0 Å². The molecule has 0 aromatic carbocycles. The summed E-state index contributed by atoms with van der Waals surface area (Å²) >= 11 is 0. The highest BCUT2D eigenvalue weighted by molar-refractivity contribution is 5.54. The maximum absolute atomic E-state index is 5.83. The van der Waals surface area contributed by atoms with Crippen molar-refractivity contribution in [2.24, 2.45) is 0 Å². The molecule has 5 nitrogen and oxygen atoms in total. The molecule has 5 heteroatoms. The summed E-state index contributed by atoms with van der Waals surface area (Å²) < 4.78 is 11.1. The quantitative estimate of drug-likeness (QED) is 0.885. The SMILES string of the molecule is CCOc1nc(N2C[C@@H](C)O[C@@H](C)C2)ccc1N. The lowest BCUT2D eigenvalue weighted by Crippen LogP contribution is -2.45. The first-order valence-electron chi connectivity index (χ1n) is 6.40. The molecule has 100 valence electrons. The van der Waals surface area contributed by atoms with E-state index in [0.29, 0.717) is 18.2 Å². The van der Waals surface area contributed by atoms with Crippen molar-refractivity contribution in [2.75, 3.05) is 30.3 Å². The van der Waals surface area contributed by atoms with Gasteiger partial charge in [-0.05, 0) is 32.9 Å². The van der Waals surface area contributed by atoms with Crippen molar-refractivity contribution in [1.82, 2.24) is 4.98 Å². The van der Waals surface area contributed by atoms with Crippen LogP contribution in [0.2, 0.25) is 0 Å². The van der Waals surface area contributed by atoms with Crippen LogP contribution >= 0.6 is 0 Å². The molecule has 0 unspecified atom stereocenters. The Balaban J connectivity index is 2.19. The second-order valence-electron chi connectivity index (χ2n) is 4.66. The molecule has 2 heterocycles. The van der Waals surface area contributed by atoms with E-state index in [1.165, 1.54) is 0 Å². The zero-order valence-corrected chi connectivity index (χ0v) is 11.2. The van der Waals surface area contributed by atoms with E-state index in [1.54, 1.807) is 0 Å². The van der Waals surface area contributed by atoms with Crippen LogP contribution in [0.15, 0.2) is 12.1 Å². The van der Waals surface area contributed by atoms with E-state index in [0.717, 1.165) is 18.9 Å². The average molecular weight is 251 g/mol. The Morgan fingerprint density at radius 2 is 2.06 bits per heavy atom. The first-order valence-corrected chi connectivity index (χ1v) is 6.40. The van der Waals surface area contributed by atoms with Crippen LogP contribution in [0.1, 0.15) is 20.8 Å². The minimum Gasteiger partial charge on any atom is -0.476 e. The van der Waals surface area contributed by atoms with Gasteiger partial charge in [0, 0.05) is 13.1 Å². The van der Waals surface area contributed by atoms with Crippen LogP contribution in [0.4, 0.5) is 11.5 Å². The van der Waals surface area contributed by atoms with Gasteiger partial charge in [0.15, 0.2) is 0 Å². The summed E-state index contributed by atoms with van der Waals surface area (Å²) in [6.45, 7) is 8.32. The van der Waals surface area contributed by atoms with E-state index < -0.39 is 0 Å². The molecule has 2 rings (SSSR count). The molecule has 0 spiro atoms. The summed E-state index contributed by atoms with van der Waals surface area (Å²) in [6, 6.07) is 3.78. The molecule has 1 aliphatic rings. The lowest BCUT2D eigenvalue weighted by molar-refractivity contribution is -0.00548. The van der Waals surface area contributed by atoms with Gasteiger partial charge < -0.3 is 20.1 Å². The number of morpholine rings is 1. The molecule has 1 aromatic rings. The smallest absolute Gasteiger partial charge is 0.239 e. The molecule has 1 aliphatic heterocycles. The van der Waals surface area contributed by atoms with Gasteiger partial charge in [0.1, 0.15) is 5.82 Å². The molecule has 1 saturated heterocycles. The monoisotopic (exact) mass is 251 g/mol. The topological polar surface area (TPSA) is 60.6 Å². The Morgan fingerprint density at radius 3 is 2.67 bits per heavy atom. The van der Waals surface area contributed by atoms with Crippen molar-refractivity contribution in [3.8, 4) is 5.88 Å². The van der Waals surface area contributed by atoms with Crippen LogP contribution in [-0.4, -0.2) is 36.9 Å². The van der Waals surface area contributed by atoms with Crippen LogP contribution in [0.25, 0.3) is 0 Å². The van der Waals surface area contributed by atoms with Crippen LogP contribution in [0.5, 0.6) is 5.88 Å². The summed E-state index contributed by atoms with van der Waals surface area (Å²) in [4.78, 5) is 6.69. The maximum Gasteiger partial charge on any atom is 0.239 e. The van der Waals surface area contributed by atoms with Crippen molar-refractivity contribution in [2.45, 2.75) is 33.0 Å². The van der Waals surface area contributed by atoms with Gasteiger partial charge >= 0.3 is 0 Å². The summed E-state index contributed by atoms with van der Waals surface area (Å²) in [5.41, 5.74) is 6.41. The van der Waals surface area contributed by atoms with Crippen LogP contribution in [0, 0.1) is 0 Å². The molecule has 0 bridgehead atoms. The molecule has 2 N–H and O–H groups in total. The minimum absolute atomic E-state index is 0.212. The Hall–Kier alpha value is -1.49. The van der Waals surface area contributed by atoms with Crippen molar-refractivity contribution in [3.63, 3.8) is 0 Å². The first kappa shape index (κ1) is 13.0. The Kier molecular flexibility index (Phi) is 3.91. The largest absolute Gasteiger partial charge is 0.476 e. The second-order valence-corrected chi connectivity index (χ2v) is 4.66. The average Bonchev–Trinajstić information content (AvgIpc) is 2.31. The highest BCUT2D eigenvalue weighted by Crippen LogP contribution is 2.25. The standard InChI is InChI=1S/C13H21N3O2/c1-4-17-13-11(14)5-6-12(15-13)16-7-9(2)18-10(3)8-16/h5-6,9-10H,4,7-8,14H2,1-3H3/t9-,10+. The van der Waals surface area contributed by atoms with Crippen LogP contribution < -0.4 is 15.4 Å². The Labute approximate surface area is 108 Å². The number of anilines is 2. The third-order valence-corrected chi connectivity index (χ3v) is 2.90. The minimum atomic E-state index is 0.212. The summed E-state index contributed by atoms with van der Waals surface area (Å²) in [5, 5.41) is 0. The molecule has 0 aliphatic carbocycles. The molecule has 0 saturated carbocycles. The molecular formula is C13H21N3O2. The van der Waals surface area contributed by atoms with Gasteiger partial charge in [0.05, 0.1) is 24.5 Å². The highest BCUT2D eigenvalue weighted by atomic mass is 16.5. The van der Waals surface area contributed by atoms with Crippen molar-refractivity contribution < 1.29 is 9.47 Å². The van der Waals surface area contributed by atoms with E-state index in [4.69, 9.17) is 15.2 Å². The molecule has 18 heavy (non-hydrogen) atoms. The summed E-state index contributed by atoms with van der Waals surface area (Å²) in [7, 11) is 0. The van der Waals surface area contributed by atoms with Gasteiger partial charge in [-0.3, -0.25) is 0 Å². The van der Waals surface area contributed by atoms with Crippen LogP contribution in [-0.2, 0) is 4.74 Å². The van der Waals surface area contributed by atoms with E-state index in [9.17, 15) is 0 Å². The van der Waals surface area contributed by atoms with E-state index in [1.807, 2.05) is 19.1 Å². The lowest BCUT2D eigenvalue weighted by Gasteiger charge is -2.36. The third kappa shape index (κ3) is 2.85. The van der Waals surface area contributed by atoms with Gasteiger partial charge in [0.2, 0.25) is 5.88 Å². The number of nitrogens with zero attached hydrogens (tertiary/aromatic N) is 2. The van der Waals surface area contributed by atoms with Gasteiger partial charge in [0.25, 0.3) is 0 Å². The fraction of sp³-hybridized carbons (Fsp3) is 0.615. The molecule has 1 aromatic heterocycles. The number of nitrogens with two attached hydrogens (primary N) is 1. The van der Waals surface area contributed by atoms with E-state index in [2.05, 4.69) is 23.7 Å². The molecule has 0 amide bonds. The maximum atomic E-state index is 5.83. The molecule has 1 fully saturated rings. The number of ether oxygens (including phenoxy) is 2. The van der Waals surface area contributed by atoms with Gasteiger partial charge in [-0.25, -0.2) is 0 Å². The van der Waals surface area contributed by atoms with Gasteiger partial charge in [-0.2, -0.15) is 4.98 Å². The molecule has 2 atom stereocenters. The summed E-state index contributed by atoms with van der Waals surface area (Å²) in [6.07, 6.45) is 0.423. The Morgan fingerprint density at radius 1 is 1.39 bits per heavy atom. The number of hydrogen-bond acceptors (Lipinski definition) is 5. The van der Waals surface area contributed by atoms with Gasteiger partial charge in [-0.1, -0.05) is 0 Å². The fourth-order valence-electron chi connectivity index (χ4n) is 2.23. The Bertz CT molecular complexity index is 401. The second kappa shape index (κ2) is 5.44. The number of pyridine rings is 1. The number of nitrogen functional groups attached to an aromatic ring is 1. The van der Waals surface area contributed by atoms with Crippen LogP contribution in [0.3, 0.4) is 0 Å². The number of hydrogen-bond donors (Lipinski definition) is 1. The normalized spacial score (nSPS) is 24.1. The van der Waals surface area contributed by atoms with Crippen molar-refractivity contribution in [3.05, 3.63) is 12.1 Å². The van der Waals surface area contributed by atoms with E-state index in [-0.39, 0.29) is 12.2 Å². The predicted molar refractivity (Wildman–Crippen MR) is 72.0 cm³/mol. The predicted octanol–water partition coefficient (Wildman–Crippen LogP) is 1.68. The lowest BCUT2D eigenvalue weighted by atomic mass is 10.2. The van der Waals surface area contributed by atoms with E-state index >= 15 is 0 Å². The summed E-state index contributed by atoms with van der Waals surface area (Å²) in [5.74, 6) is 1.41. The van der Waals surface area contributed by atoms with Crippen molar-refractivity contribution in [1.29, 1.82) is 0 Å². The highest BCUT2D eigenvalue weighted by Gasteiger charge is 2.23. The number of aromatic nitrogens is 1.